The van der Waals surface area contributed by atoms with E-state index in [9.17, 15) is 4.39 Å². The first-order chi connectivity index (χ1) is 9.06. The average Bonchev–Trinajstić information content (AvgIpc) is 3.11. The minimum atomic E-state index is -0.407. The molecule has 0 aliphatic heterocycles. The van der Waals surface area contributed by atoms with Gasteiger partial charge in [0.1, 0.15) is 11.6 Å². The number of alkyl halides is 1. The van der Waals surface area contributed by atoms with Crippen molar-refractivity contribution in [3.63, 3.8) is 0 Å². The van der Waals surface area contributed by atoms with Gasteiger partial charge in [0, 0.05) is 12.6 Å². The van der Waals surface area contributed by atoms with Gasteiger partial charge in [0.25, 0.3) is 0 Å². The molecule has 3 rings (SSSR count). The summed E-state index contributed by atoms with van der Waals surface area (Å²) in [5, 5.41) is -0.0958. The van der Waals surface area contributed by atoms with Crippen molar-refractivity contribution in [1.82, 2.24) is 9.55 Å². The van der Waals surface area contributed by atoms with Gasteiger partial charge in [0.15, 0.2) is 0 Å². The summed E-state index contributed by atoms with van der Waals surface area (Å²) in [6, 6.07) is 3.03. The summed E-state index contributed by atoms with van der Waals surface area (Å²) < 4.78 is 15.7. The van der Waals surface area contributed by atoms with E-state index in [0.717, 1.165) is 30.2 Å². The molecule has 1 fully saturated rings. The maximum absolute atomic E-state index is 13.6. The second kappa shape index (κ2) is 4.95. The molecule has 5 heteroatoms. The van der Waals surface area contributed by atoms with Gasteiger partial charge in [-0.1, -0.05) is 24.4 Å². The number of rotatable bonds is 4. The van der Waals surface area contributed by atoms with Crippen LogP contribution in [0, 0.1) is 11.7 Å². The lowest BCUT2D eigenvalue weighted by Gasteiger charge is -2.10. The van der Waals surface area contributed by atoms with E-state index in [4.69, 9.17) is 23.2 Å². The lowest BCUT2D eigenvalue weighted by atomic mass is 10.2. The SMILES string of the molecule is CC(Cl)c1nc2cc(Cl)c(F)cc2n1CCC1CC1. The van der Waals surface area contributed by atoms with Gasteiger partial charge in [-0.15, -0.1) is 11.6 Å². The molecule has 1 atom stereocenters. The van der Waals surface area contributed by atoms with E-state index < -0.39 is 5.82 Å². The zero-order valence-electron chi connectivity index (χ0n) is 10.7. The van der Waals surface area contributed by atoms with Crippen molar-refractivity contribution in [3.05, 3.63) is 28.8 Å². The van der Waals surface area contributed by atoms with Crippen LogP contribution in [0.15, 0.2) is 12.1 Å². The van der Waals surface area contributed by atoms with E-state index in [1.54, 1.807) is 6.07 Å². The van der Waals surface area contributed by atoms with Crippen LogP contribution >= 0.6 is 23.2 Å². The van der Waals surface area contributed by atoms with Crippen LogP contribution in [0.1, 0.15) is 37.4 Å². The second-order valence-electron chi connectivity index (χ2n) is 5.22. The van der Waals surface area contributed by atoms with Gasteiger partial charge in [-0.05, 0) is 25.3 Å². The molecule has 0 radical (unpaired) electrons. The van der Waals surface area contributed by atoms with Crippen LogP contribution in [0.2, 0.25) is 5.02 Å². The third-order valence-corrected chi connectivity index (χ3v) is 4.12. The van der Waals surface area contributed by atoms with Gasteiger partial charge in [-0.2, -0.15) is 0 Å². The van der Waals surface area contributed by atoms with Crippen molar-refractivity contribution >= 4 is 34.2 Å². The van der Waals surface area contributed by atoms with Crippen molar-refractivity contribution in [2.75, 3.05) is 0 Å². The first kappa shape index (κ1) is 13.2. The summed E-state index contributed by atoms with van der Waals surface area (Å²) >= 11 is 12.0. The fourth-order valence-corrected chi connectivity index (χ4v) is 2.72. The van der Waals surface area contributed by atoms with Crippen LogP contribution in [0.25, 0.3) is 11.0 Å². The number of imidazole rings is 1. The predicted molar refractivity (Wildman–Crippen MR) is 76.3 cm³/mol. The van der Waals surface area contributed by atoms with Gasteiger partial charge in [-0.25, -0.2) is 9.37 Å². The topological polar surface area (TPSA) is 17.8 Å². The molecule has 1 aliphatic rings. The van der Waals surface area contributed by atoms with Gasteiger partial charge >= 0.3 is 0 Å². The number of benzene rings is 1. The molecular weight excluding hydrogens is 286 g/mol. The maximum atomic E-state index is 13.6. The molecule has 102 valence electrons. The summed E-state index contributed by atoms with van der Waals surface area (Å²) in [6.45, 7) is 2.73. The Balaban J connectivity index is 2.07. The van der Waals surface area contributed by atoms with Crippen LogP contribution in [0.4, 0.5) is 4.39 Å². The molecule has 1 aromatic carbocycles. The Bertz CT molecular complexity index is 617. The normalized spacial score (nSPS) is 17.1. The van der Waals surface area contributed by atoms with E-state index in [2.05, 4.69) is 4.98 Å². The standard InChI is InChI=1S/C14H15Cl2FN2/c1-8(15)14-18-12-6-10(16)11(17)7-13(12)19(14)5-4-9-2-3-9/h6-9H,2-5H2,1H3. The monoisotopic (exact) mass is 300 g/mol. The maximum Gasteiger partial charge on any atom is 0.144 e. The highest BCUT2D eigenvalue weighted by Gasteiger charge is 2.23. The molecule has 1 heterocycles. The number of aryl methyl sites for hydroxylation is 1. The van der Waals surface area contributed by atoms with Crippen LogP contribution in [-0.4, -0.2) is 9.55 Å². The van der Waals surface area contributed by atoms with Crippen LogP contribution in [0.5, 0.6) is 0 Å². The van der Waals surface area contributed by atoms with Crippen molar-refractivity contribution < 1.29 is 4.39 Å². The number of aromatic nitrogens is 2. The van der Waals surface area contributed by atoms with Gasteiger partial charge < -0.3 is 4.57 Å². The lowest BCUT2D eigenvalue weighted by Crippen LogP contribution is -2.05. The number of halogens is 3. The Morgan fingerprint density at radius 2 is 2.21 bits per heavy atom. The highest BCUT2D eigenvalue weighted by Crippen LogP contribution is 2.34. The van der Waals surface area contributed by atoms with Crippen LogP contribution < -0.4 is 0 Å². The molecule has 1 saturated carbocycles. The van der Waals surface area contributed by atoms with Crippen molar-refractivity contribution in [3.8, 4) is 0 Å². The smallest absolute Gasteiger partial charge is 0.144 e. The molecule has 1 aliphatic carbocycles. The van der Waals surface area contributed by atoms with Crippen molar-refractivity contribution in [2.24, 2.45) is 5.92 Å². The number of hydrogen-bond donors (Lipinski definition) is 0. The first-order valence-corrected chi connectivity index (χ1v) is 7.37. The second-order valence-corrected chi connectivity index (χ2v) is 6.29. The Morgan fingerprint density at radius 3 is 2.84 bits per heavy atom. The third kappa shape index (κ3) is 2.59. The minimum Gasteiger partial charge on any atom is -0.327 e. The molecular formula is C14H15Cl2FN2. The van der Waals surface area contributed by atoms with E-state index >= 15 is 0 Å². The number of fused-ring (bicyclic) bond motifs is 1. The highest BCUT2D eigenvalue weighted by atomic mass is 35.5. The molecule has 0 saturated heterocycles. The number of hydrogen-bond acceptors (Lipinski definition) is 1. The third-order valence-electron chi connectivity index (χ3n) is 3.63. The molecule has 1 unspecified atom stereocenters. The van der Waals surface area contributed by atoms with E-state index in [-0.39, 0.29) is 10.4 Å². The molecule has 19 heavy (non-hydrogen) atoms. The van der Waals surface area contributed by atoms with Gasteiger partial charge in [0.05, 0.1) is 21.4 Å². The Hall–Kier alpha value is -0.800. The lowest BCUT2D eigenvalue weighted by molar-refractivity contribution is 0.583. The highest BCUT2D eigenvalue weighted by molar-refractivity contribution is 6.31. The average molecular weight is 301 g/mol. The molecule has 2 aromatic rings. The van der Waals surface area contributed by atoms with E-state index in [0.29, 0.717) is 5.52 Å². The van der Waals surface area contributed by atoms with Gasteiger partial charge in [0.2, 0.25) is 0 Å². The summed E-state index contributed by atoms with van der Waals surface area (Å²) in [6.07, 6.45) is 3.71. The minimum absolute atomic E-state index is 0.105. The molecule has 2 nitrogen and oxygen atoms in total. The summed E-state index contributed by atoms with van der Waals surface area (Å²) in [5.74, 6) is 1.20. The summed E-state index contributed by atoms with van der Waals surface area (Å²) in [5.41, 5.74) is 1.50. The fraction of sp³-hybridized carbons (Fsp3) is 0.500. The predicted octanol–water partition coefficient (Wildman–Crippen LogP) is 4.93. The zero-order chi connectivity index (χ0) is 13.6. The summed E-state index contributed by atoms with van der Waals surface area (Å²) in [7, 11) is 0. The van der Waals surface area contributed by atoms with E-state index in [1.165, 1.54) is 18.9 Å². The van der Waals surface area contributed by atoms with Crippen molar-refractivity contribution in [1.29, 1.82) is 0 Å². The fourth-order valence-electron chi connectivity index (χ4n) is 2.40. The Labute approximate surface area is 121 Å². The zero-order valence-corrected chi connectivity index (χ0v) is 12.2. The van der Waals surface area contributed by atoms with Crippen molar-refractivity contribution in [2.45, 2.75) is 38.1 Å². The number of nitrogens with zero attached hydrogens (tertiary/aromatic N) is 2. The van der Waals surface area contributed by atoms with E-state index in [1.807, 2.05) is 11.5 Å². The molecule has 1 aromatic heterocycles. The molecule has 0 N–H and O–H groups in total. The largest absolute Gasteiger partial charge is 0.327 e. The molecule has 0 amide bonds. The first-order valence-electron chi connectivity index (χ1n) is 6.55. The quantitative estimate of drug-likeness (QED) is 0.732. The van der Waals surface area contributed by atoms with Crippen LogP contribution in [-0.2, 0) is 6.54 Å². The Morgan fingerprint density at radius 1 is 1.47 bits per heavy atom. The summed E-state index contributed by atoms with van der Waals surface area (Å²) in [4.78, 5) is 4.49. The van der Waals surface area contributed by atoms with Gasteiger partial charge in [-0.3, -0.25) is 0 Å². The molecule has 0 spiro atoms. The molecule has 0 bridgehead atoms. The Kier molecular flexibility index (Phi) is 3.44. The van der Waals surface area contributed by atoms with Crippen LogP contribution in [0.3, 0.4) is 0 Å².